The van der Waals surface area contributed by atoms with Crippen LogP contribution in [-0.4, -0.2) is 58.4 Å². The second-order valence-electron chi connectivity index (χ2n) is 6.16. The Morgan fingerprint density at radius 3 is 2.62 bits per heavy atom. The van der Waals surface area contributed by atoms with Crippen molar-refractivity contribution in [2.24, 2.45) is 11.7 Å². The molecule has 1 heterocycles. The molecule has 0 aliphatic carbocycles. The second kappa shape index (κ2) is 9.40. The molecule has 0 aromatic heterocycles. The van der Waals surface area contributed by atoms with E-state index in [1.54, 1.807) is 0 Å². The molecule has 0 aromatic carbocycles. The molecule has 11 nitrogen and oxygen atoms in total. The lowest BCUT2D eigenvalue weighted by Gasteiger charge is -2.34. The number of ether oxygens (including phenoxy) is 1. The lowest BCUT2D eigenvalue weighted by molar-refractivity contribution is -0.131. The van der Waals surface area contributed by atoms with E-state index in [2.05, 4.69) is 5.32 Å². The van der Waals surface area contributed by atoms with Gasteiger partial charge in [-0.25, -0.2) is 14.7 Å². The maximum atomic E-state index is 14.3. The first kappa shape index (κ1) is 22.5. The summed E-state index contributed by atoms with van der Waals surface area (Å²) in [6, 6.07) is -0.862. The van der Waals surface area contributed by atoms with Gasteiger partial charge in [-0.1, -0.05) is 13.8 Å². The maximum absolute atomic E-state index is 14.3. The van der Waals surface area contributed by atoms with E-state index in [0.29, 0.717) is 0 Å². The Bertz CT molecular complexity index is 609. The molecule has 150 valence electrons. The lowest BCUT2D eigenvalue weighted by Crippen LogP contribution is -2.58. The minimum Gasteiger partial charge on any atom is -0.364 e. The zero-order valence-electron chi connectivity index (χ0n) is 14.6. The van der Waals surface area contributed by atoms with Crippen LogP contribution in [0.15, 0.2) is 11.5 Å². The number of carbonyl (C=O) groups excluding carboxylic acids is 2. The van der Waals surface area contributed by atoms with Gasteiger partial charge >= 0.3 is 13.6 Å². The monoisotopic (exact) mass is 398 g/mol. The normalized spacial score (nSPS) is 19.6. The van der Waals surface area contributed by atoms with Crippen LogP contribution < -0.4 is 16.5 Å². The summed E-state index contributed by atoms with van der Waals surface area (Å²) in [6.07, 6.45) is -3.24. The fourth-order valence-corrected chi connectivity index (χ4v) is 2.34. The zero-order chi connectivity index (χ0) is 20.1. The molecule has 0 fully saturated rings. The van der Waals surface area contributed by atoms with Gasteiger partial charge in [0, 0.05) is 0 Å². The number of hydrogen-bond acceptors (Lipinski definition) is 6. The first-order valence-electron chi connectivity index (χ1n) is 7.73. The summed E-state index contributed by atoms with van der Waals surface area (Å²) in [5.41, 5.74) is 7.00. The molecule has 13 heteroatoms. The van der Waals surface area contributed by atoms with Gasteiger partial charge in [0.05, 0.1) is 19.3 Å². The molecule has 1 unspecified atom stereocenters. The molecule has 1 rings (SSSR count). The number of amides is 3. The molecule has 0 spiro atoms. The van der Waals surface area contributed by atoms with E-state index in [1.807, 2.05) is 19.3 Å². The summed E-state index contributed by atoms with van der Waals surface area (Å²) in [4.78, 5) is 47.2. The SMILES string of the molecule is CC(C)CONC(=O)C1=C(F)C(N)N(C[C@@H](C)OCP(=O)(O)O)C(=O)N1. The third-order valence-electron chi connectivity index (χ3n) is 3.12. The van der Waals surface area contributed by atoms with Crippen LogP contribution in [-0.2, 0) is 18.9 Å². The average molecular weight is 398 g/mol. The van der Waals surface area contributed by atoms with Crippen molar-refractivity contribution in [2.45, 2.75) is 33.0 Å². The van der Waals surface area contributed by atoms with Gasteiger partial charge in [0.2, 0.25) is 0 Å². The van der Waals surface area contributed by atoms with Crippen LogP contribution in [0.5, 0.6) is 0 Å². The molecular weight excluding hydrogens is 374 g/mol. The first-order chi connectivity index (χ1) is 11.9. The molecule has 0 bridgehead atoms. The number of halogens is 1. The Morgan fingerprint density at radius 2 is 2.08 bits per heavy atom. The van der Waals surface area contributed by atoms with Crippen molar-refractivity contribution in [3.63, 3.8) is 0 Å². The highest BCUT2D eigenvalue weighted by Gasteiger charge is 2.36. The van der Waals surface area contributed by atoms with Crippen LogP contribution in [0.2, 0.25) is 0 Å². The Kier molecular flexibility index (Phi) is 8.13. The Labute approximate surface area is 149 Å². The maximum Gasteiger partial charge on any atom is 0.350 e. The van der Waals surface area contributed by atoms with Gasteiger partial charge in [0.15, 0.2) is 5.83 Å². The molecule has 3 amide bonds. The number of nitrogens with two attached hydrogens (primary N) is 1. The number of urea groups is 1. The number of hydrogen-bond donors (Lipinski definition) is 5. The number of hydroxylamine groups is 1. The van der Waals surface area contributed by atoms with Gasteiger partial charge in [-0.3, -0.25) is 19.1 Å². The van der Waals surface area contributed by atoms with Crippen LogP contribution in [0.25, 0.3) is 0 Å². The van der Waals surface area contributed by atoms with Crippen LogP contribution in [0, 0.1) is 5.92 Å². The smallest absolute Gasteiger partial charge is 0.350 e. The Morgan fingerprint density at radius 1 is 1.46 bits per heavy atom. The van der Waals surface area contributed by atoms with Crippen molar-refractivity contribution in [1.82, 2.24) is 15.7 Å². The minimum atomic E-state index is -4.38. The summed E-state index contributed by atoms with van der Waals surface area (Å²) in [5, 5.41) is 2.07. The average Bonchev–Trinajstić information content (AvgIpc) is 2.51. The summed E-state index contributed by atoms with van der Waals surface area (Å²) in [6.45, 7) is 5.06. The number of carbonyl (C=O) groups is 2. The van der Waals surface area contributed by atoms with Crippen molar-refractivity contribution in [3.8, 4) is 0 Å². The second-order valence-corrected chi connectivity index (χ2v) is 7.74. The molecule has 0 aromatic rings. The molecule has 0 radical (unpaired) electrons. The molecule has 1 aliphatic rings. The highest BCUT2D eigenvalue weighted by molar-refractivity contribution is 7.51. The van der Waals surface area contributed by atoms with Crippen LogP contribution in [0.3, 0.4) is 0 Å². The summed E-state index contributed by atoms with van der Waals surface area (Å²) < 4.78 is 30.0. The minimum absolute atomic E-state index is 0.127. The van der Waals surface area contributed by atoms with Crippen LogP contribution in [0.4, 0.5) is 9.18 Å². The van der Waals surface area contributed by atoms with Gasteiger partial charge in [-0.05, 0) is 12.8 Å². The van der Waals surface area contributed by atoms with E-state index >= 15 is 0 Å². The van der Waals surface area contributed by atoms with Crippen molar-refractivity contribution in [3.05, 3.63) is 11.5 Å². The van der Waals surface area contributed by atoms with Crippen molar-refractivity contribution >= 4 is 19.5 Å². The fourth-order valence-electron chi connectivity index (χ4n) is 1.89. The number of nitrogens with zero attached hydrogens (tertiary/aromatic N) is 1. The van der Waals surface area contributed by atoms with E-state index in [9.17, 15) is 18.5 Å². The summed E-state index contributed by atoms with van der Waals surface area (Å²) in [7, 11) is -4.38. The van der Waals surface area contributed by atoms with Gasteiger partial charge in [-0.2, -0.15) is 0 Å². The predicted molar refractivity (Wildman–Crippen MR) is 87.7 cm³/mol. The summed E-state index contributed by atoms with van der Waals surface area (Å²) >= 11 is 0. The molecule has 26 heavy (non-hydrogen) atoms. The number of rotatable bonds is 9. The third-order valence-corrected chi connectivity index (χ3v) is 3.60. The molecule has 6 N–H and O–H groups in total. The quantitative estimate of drug-likeness (QED) is 0.261. The highest BCUT2D eigenvalue weighted by Crippen LogP contribution is 2.34. The van der Waals surface area contributed by atoms with Crippen molar-refractivity contribution in [1.29, 1.82) is 0 Å². The third kappa shape index (κ3) is 6.98. The van der Waals surface area contributed by atoms with E-state index < -0.39 is 49.7 Å². The van der Waals surface area contributed by atoms with Gasteiger partial charge in [0.1, 0.15) is 18.2 Å². The molecule has 0 saturated heterocycles. The van der Waals surface area contributed by atoms with E-state index in [1.165, 1.54) is 6.92 Å². The van der Waals surface area contributed by atoms with Gasteiger partial charge in [0.25, 0.3) is 5.91 Å². The van der Waals surface area contributed by atoms with Crippen LogP contribution in [0.1, 0.15) is 20.8 Å². The Hall–Kier alpha value is -1.56. The highest BCUT2D eigenvalue weighted by atomic mass is 31.2. The molecular formula is C13H24FN4O7P. The topological polar surface area (TPSA) is 163 Å². The lowest BCUT2D eigenvalue weighted by atomic mass is 10.2. The molecule has 0 saturated carbocycles. The first-order valence-corrected chi connectivity index (χ1v) is 9.53. The predicted octanol–water partition coefficient (Wildman–Crippen LogP) is -0.278. The van der Waals surface area contributed by atoms with Crippen molar-refractivity contribution in [2.75, 3.05) is 19.5 Å². The zero-order valence-corrected chi connectivity index (χ0v) is 15.5. The Balaban J connectivity index is 2.72. The van der Waals surface area contributed by atoms with E-state index in [-0.39, 0.29) is 19.1 Å². The largest absolute Gasteiger partial charge is 0.364 e. The van der Waals surface area contributed by atoms with E-state index in [0.717, 1.165) is 4.90 Å². The number of nitrogens with one attached hydrogen (secondary N) is 2. The molecule has 2 atom stereocenters. The van der Waals surface area contributed by atoms with Crippen LogP contribution >= 0.6 is 7.60 Å². The summed E-state index contributed by atoms with van der Waals surface area (Å²) in [5.74, 6) is -1.95. The van der Waals surface area contributed by atoms with Gasteiger partial charge < -0.3 is 25.6 Å². The standard InChI is InChI=1S/C13H24FN4O7P/c1-7(2)5-25-17-12(19)10-9(14)11(15)18(13(20)16-10)4-8(3)24-6-26(21,22)23/h7-8,11H,4-6,15H2,1-3H3,(H,16,20)(H,17,19)(H2,21,22,23)/t8-,11?/m1/s1. The fraction of sp³-hybridized carbons (Fsp3) is 0.692. The van der Waals surface area contributed by atoms with Gasteiger partial charge in [-0.15, -0.1) is 0 Å². The molecule has 1 aliphatic heterocycles. The van der Waals surface area contributed by atoms with Crippen molar-refractivity contribution < 1.29 is 37.9 Å². The van der Waals surface area contributed by atoms with E-state index in [4.69, 9.17) is 25.1 Å².